The summed E-state index contributed by atoms with van der Waals surface area (Å²) in [7, 11) is 1.52. The van der Waals surface area contributed by atoms with Gasteiger partial charge in [-0.15, -0.1) is 0 Å². The van der Waals surface area contributed by atoms with E-state index in [0.717, 1.165) is 16.6 Å². The second-order valence-electron chi connectivity index (χ2n) is 4.24. The van der Waals surface area contributed by atoms with E-state index >= 15 is 0 Å². The van der Waals surface area contributed by atoms with Gasteiger partial charge in [0.2, 0.25) is 0 Å². The average molecular weight is 349 g/mol. The van der Waals surface area contributed by atoms with Gasteiger partial charge >= 0.3 is 6.18 Å². The molecule has 8 heteroatoms. The fraction of sp³-hybridized carbons (Fsp3) is 0.333. The maximum absolute atomic E-state index is 12.9. The number of hydrogen-bond acceptors (Lipinski definition) is 3. The minimum atomic E-state index is -4.43. The summed E-state index contributed by atoms with van der Waals surface area (Å²) in [6, 6.07) is 1.94. The highest BCUT2D eigenvalue weighted by molar-refractivity contribution is 9.10. The van der Waals surface area contributed by atoms with Gasteiger partial charge in [-0.3, -0.25) is 0 Å². The number of anilines is 1. The molecule has 0 aromatic carbocycles. The molecule has 0 fully saturated rings. The van der Waals surface area contributed by atoms with E-state index in [1.54, 1.807) is 13.8 Å². The van der Waals surface area contributed by atoms with Crippen LogP contribution in [0.5, 0.6) is 0 Å². The number of rotatable bonds is 2. The second kappa shape index (κ2) is 5.08. The smallest absolute Gasteiger partial charge is 0.373 e. The van der Waals surface area contributed by atoms with Crippen LogP contribution in [0.1, 0.15) is 17.0 Å². The Balaban J connectivity index is 2.64. The number of nitrogens with zero attached hydrogens (tertiary/aromatic N) is 3. The summed E-state index contributed by atoms with van der Waals surface area (Å²) in [5.41, 5.74) is 0.611. The van der Waals surface area contributed by atoms with Gasteiger partial charge in [0.25, 0.3) is 0 Å². The molecule has 108 valence electrons. The topological polar surface area (TPSA) is 42.7 Å². The van der Waals surface area contributed by atoms with Gasteiger partial charge in [-0.25, -0.2) is 9.67 Å². The zero-order valence-corrected chi connectivity index (χ0v) is 12.6. The van der Waals surface area contributed by atoms with Crippen molar-refractivity contribution < 1.29 is 13.2 Å². The Bertz CT molecular complexity index is 649. The fourth-order valence-electron chi connectivity index (χ4n) is 1.76. The SMILES string of the molecule is CNc1cc(C(F)(F)F)cc(-n2nc(C)c(Br)c2C)n1. The Kier molecular flexibility index (Phi) is 3.77. The molecule has 0 saturated heterocycles. The summed E-state index contributed by atoms with van der Waals surface area (Å²) in [4.78, 5) is 4.12. The van der Waals surface area contributed by atoms with E-state index in [9.17, 15) is 13.2 Å². The van der Waals surface area contributed by atoms with E-state index in [1.807, 2.05) is 0 Å². The number of alkyl halides is 3. The Hall–Kier alpha value is -1.57. The Labute approximate surface area is 122 Å². The summed E-state index contributed by atoms with van der Waals surface area (Å²) in [5.74, 6) is 0.258. The first-order valence-corrected chi connectivity index (χ1v) is 6.52. The third-order valence-electron chi connectivity index (χ3n) is 2.82. The molecule has 2 aromatic rings. The van der Waals surface area contributed by atoms with E-state index in [2.05, 4.69) is 31.3 Å². The van der Waals surface area contributed by atoms with Crippen molar-refractivity contribution in [2.24, 2.45) is 0 Å². The van der Waals surface area contributed by atoms with Crippen molar-refractivity contribution in [3.8, 4) is 5.82 Å². The quantitative estimate of drug-likeness (QED) is 0.899. The van der Waals surface area contributed by atoms with Crippen LogP contribution in [0, 0.1) is 13.8 Å². The van der Waals surface area contributed by atoms with Crippen molar-refractivity contribution in [3.05, 3.63) is 33.6 Å². The molecule has 1 N–H and O–H groups in total. The van der Waals surface area contributed by atoms with Gasteiger partial charge in [-0.1, -0.05) is 0 Å². The average Bonchev–Trinajstić information content (AvgIpc) is 2.65. The highest BCUT2D eigenvalue weighted by Crippen LogP contribution is 2.32. The van der Waals surface area contributed by atoms with Crippen molar-refractivity contribution in [3.63, 3.8) is 0 Å². The molecule has 2 aromatic heterocycles. The van der Waals surface area contributed by atoms with Crippen molar-refractivity contribution >= 4 is 21.7 Å². The largest absolute Gasteiger partial charge is 0.416 e. The van der Waals surface area contributed by atoms with E-state index in [1.165, 1.54) is 11.7 Å². The van der Waals surface area contributed by atoms with Crippen LogP contribution >= 0.6 is 15.9 Å². The number of aromatic nitrogens is 3. The van der Waals surface area contributed by atoms with Crippen LogP contribution < -0.4 is 5.32 Å². The molecular weight excluding hydrogens is 337 g/mol. The van der Waals surface area contributed by atoms with Crippen molar-refractivity contribution in [2.45, 2.75) is 20.0 Å². The number of aryl methyl sites for hydroxylation is 1. The monoisotopic (exact) mass is 348 g/mol. The lowest BCUT2D eigenvalue weighted by atomic mass is 10.2. The molecule has 0 radical (unpaired) electrons. The van der Waals surface area contributed by atoms with Gasteiger partial charge in [0, 0.05) is 7.05 Å². The Morgan fingerprint density at radius 2 is 1.90 bits per heavy atom. The third-order valence-corrected chi connectivity index (χ3v) is 3.96. The van der Waals surface area contributed by atoms with E-state index in [-0.39, 0.29) is 11.6 Å². The number of halogens is 4. The summed E-state index contributed by atoms with van der Waals surface area (Å²) in [5, 5.41) is 6.82. The standard InChI is InChI=1S/C12H12BrF3N4/c1-6-11(13)7(2)20(19-6)10-5-8(12(14,15)16)4-9(17-3)18-10/h4-5H,1-3H3,(H,17,18). The molecule has 0 aliphatic rings. The van der Waals surface area contributed by atoms with Gasteiger partial charge in [0.1, 0.15) is 5.82 Å². The van der Waals surface area contributed by atoms with Crippen LogP contribution in [-0.2, 0) is 6.18 Å². The number of nitrogens with one attached hydrogen (secondary N) is 1. The molecule has 0 unspecified atom stereocenters. The molecule has 0 bridgehead atoms. The molecule has 0 saturated carbocycles. The summed E-state index contributed by atoms with van der Waals surface area (Å²) in [6.45, 7) is 3.52. The predicted octanol–water partition coefficient (Wildman–Crippen LogP) is 3.71. The van der Waals surface area contributed by atoms with E-state index < -0.39 is 11.7 Å². The summed E-state index contributed by atoms with van der Waals surface area (Å²) in [6.07, 6.45) is -4.43. The normalized spacial score (nSPS) is 11.8. The molecule has 0 spiro atoms. The number of pyridine rings is 1. The molecule has 2 rings (SSSR count). The molecule has 0 atom stereocenters. The van der Waals surface area contributed by atoms with Gasteiger partial charge in [0.15, 0.2) is 5.82 Å². The lowest BCUT2D eigenvalue weighted by molar-refractivity contribution is -0.137. The second-order valence-corrected chi connectivity index (χ2v) is 5.04. The Morgan fingerprint density at radius 3 is 2.35 bits per heavy atom. The van der Waals surface area contributed by atoms with Crippen LogP contribution in [0.2, 0.25) is 0 Å². The zero-order chi connectivity index (χ0) is 15.1. The van der Waals surface area contributed by atoms with Gasteiger partial charge < -0.3 is 5.32 Å². The highest BCUT2D eigenvalue weighted by Gasteiger charge is 2.32. The van der Waals surface area contributed by atoms with E-state index in [0.29, 0.717) is 11.4 Å². The lowest BCUT2D eigenvalue weighted by Gasteiger charge is -2.12. The summed E-state index contributed by atoms with van der Waals surface area (Å²) >= 11 is 3.34. The van der Waals surface area contributed by atoms with Gasteiger partial charge in [-0.05, 0) is 41.9 Å². The first-order valence-electron chi connectivity index (χ1n) is 5.73. The lowest BCUT2D eigenvalue weighted by Crippen LogP contribution is -2.11. The van der Waals surface area contributed by atoms with E-state index in [4.69, 9.17) is 0 Å². The minimum absolute atomic E-state index is 0.121. The maximum atomic E-state index is 12.9. The highest BCUT2D eigenvalue weighted by atomic mass is 79.9. The molecule has 20 heavy (non-hydrogen) atoms. The zero-order valence-electron chi connectivity index (χ0n) is 11.0. The third kappa shape index (κ3) is 2.65. The fourth-order valence-corrected chi connectivity index (χ4v) is 2.01. The molecule has 0 aliphatic carbocycles. The van der Waals surface area contributed by atoms with Crippen LogP contribution in [0.15, 0.2) is 16.6 Å². The van der Waals surface area contributed by atoms with Crippen LogP contribution in [0.25, 0.3) is 5.82 Å². The molecule has 2 heterocycles. The first kappa shape index (κ1) is 14.8. The van der Waals surface area contributed by atoms with Gasteiger partial charge in [0.05, 0.1) is 21.4 Å². The summed E-state index contributed by atoms with van der Waals surface area (Å²) < 4.78 is 40.8. The molecule has 0 aliphatic heterocycles. The first-order chi connectivity index (χ1) is 9.24. The minimum Gasteiger partial charge on any atom is -0.373 e. The molecule has 4 nitrogen and oxygen atoms in total. The van der Waals surface area contributed by atoms with Crippen molar-refractivity contribution in [1.82, 2.24) is 14.8 Å². The predicted molar refractivity (Wildman–Crippen MR) is 73.1 cm³/mol. The maximum Gasteiger partial charge on any atom is 0.416 e. The van der Waals surface area contributed by atoms with Crippen molar-refractivity contribution in [1.29, 1.82) is 0 Å². The molecule has 0 amide bonds. The Morgan fingerprint density at radius 1 is 1.25 bits per heavy atom. The van der Waals surface area contributed by atoms with Gasteiger partial charge in [-0.2, -0.15) is 18.3 Å². The number of hydrogen-bond donors (Lipinski definition) is 1. The van der Waals surface area contributed by atoms with Crippen molar-refractivity contribution in [2.75, 3.05) is 12.4 Å². The van der Waals surface area contributed by atoms with Crippen LogP contribution in [-0.4, -0.2) is 21.8 Å². The van der Waals surface area contributed by atoms with Crippen LogP contribution in [0.3, 0.4) is 0 Å². The molecular formula is C12H12BrF3N4. The van der Waals surface area contributed by atoms with Crippen LogP contribution in [0.4, 0.5) is 19.0 Å².